The predicted octanol–water partition coefficient (Wildman–Crippen LogP) is 3.02. The number of piperazine rings is 1. The number of nitrogens with one attached hydrogen (secondary N) is 1. The highest BCUT2D eigenvalue weighted by Gasteiger charge is 2.25. The number of hydrogen-bond acceptors (Lipinski definition) is 4. The van der Waals surface area contributed by atoms with E-state index in [2.05, 4.69) is 27.2 Å². The van der Waals surface area contributed by atoms with Crippen molar-refractivity contribution in [3.63, 3.8) is 0 Å². The minimum atomic E-state index is -0.351. The molecule has 6 heteroatoms. The number of amides is 1. The first-order valence-electron chi connectivity index (χ1n) is 9.71. The molecule has 1 aliphatic heterocycles. The van der Waals surface area contributed by atoms with Crippen molar-refractivity contribution in [2.45, 2.75) is 19.4 Å². The summed E-state index contributed by atoms with van der Waals surface area (Å²) in [4.78, 5) is 17.1. The molecule has 1 aliphatic rings. The Labute approximate surface area is 166 Å². The van der Waals surface area contributed by atoms with Gasteiger partial charge in [-0.1, -0.05) is 18.2 Å². The number of carbonyl (C=O) groups excluding carboxylic acids is 1. The lowest BCUT2D eigenvalue weighted by atomic mass is 10.1. The average Bonchev–Trinajstić information content (AvgIpc) is 2.72. The molecule has 1 saturated heterocycles. The third-order valence-electron chi connectivity index (χ3n) is 5.30. The van der Waals surface area contributed by atoms with E-state index in [-0.39, 0.29) is 17.8 Å². The molecule has 0 aliphatic carbocycles. The summed E-state index contributed by atoms with van der Waals surface area (Å²) in [5.41, 5.74) is 1.79. The Kier molecular flexibility index (Phi) is 7.01. The van der Waals surface area contributed by atoms with E-state index in [1.807, 2.05) is 19.1 Å². The van der Waals surface area contributed by atoms with Crippen molar-refractivity contribution in [2.75, 3.05) is 45.2 Å². The first-order valence-corrected chi connectivity index (χ1v) is 9.71. The van der Waals surface area contributed by atoms with Crippen molar-refractivity contribution in [2.24, 2.45) is 0 Å². The molecule has 150 valence electrons. The number of anilines is 1. The van der Waals surface area contributed by atoms with E-state index in [0.29, 0.717) is 5.69 Å². The Morgan fingerprint density at radius 2 is 1.86 bits per heavy atom. The lowest BCUT2D eigenvalue weighted by molar-refractivity contribution is -0.121. The van der Waals surface area contributed by atoms with Gasteiger partial charge in [0.1, 0.15) is 11.6 Å². The van der Waals surface area contributed by atoms with Gasteiger partial charge in [0.25, 0.3) is 0 Å². The van der Waals surface area contributed by atoms with Gasteiger partial charge in [0.15, 0.2) is 0 Å². The highest BCUT2D eigenvalue weighted by molar-refractivity contribution is 5.94. The van der Waals surface area contributed by atoms with Crippen LogP contribution < -0.4 is 10.1 Å². The normalized spacial score (nSPS) is 16.5. The van der Waals surface area contributed by atoms with Gasteiger partial charge in [-0.25, -0.2) is 4.39 Å². The minimum absolute atomic E-state index is 0.0997. The highest BCUT2D eigenvalue weighted by Crippen LogP contribution is 2.14. The molecule has 1 fully saturated rings. The van der Waals surface area contributed by atoms with Crippen molar-refractivity contribution in [3.05, 3.63) is 59.9 Å². The Morgan fingerprint density at radius 3 is 2.50 bits per heavy atom. The molecular weight excluding hydrogens is 357 g/mol. The van der Waals surface area contributed by atoms with Crippen LogP contribution in [0.5, 0.6) is 5.75 Å². The van der Waals surface area contributed by atoms with E-state index in [0.717, 1.165) is 44.9 Å². The number of ether oxygens (including phenoxy) is 1. The van der Waals surface area contributed by atoms with Crippen LogP contribution in [0.15, 0.2) is 48.5 Å². The SMILES string of the molecule is COc1ccc(CCN2CCN(C(C)C(=O)Nc3cccc(F)c3)CC2)cc1. The molecule has 0 radical (unpaired) electrons. The molecule has 0 aromatic heterocycles. The van der Waals surface area contributed by atoms with Crippen LogP contribution in [0.4, 0.5) is 10.1 Å². The zero-order valence-electron chi connectivity index (χ0n) is 16.5. The molecule has 2 aromatic rings. The molecule has 0 bridgehead atoms. The summed E-state index contributed by atoms with van der Waals surface area (Å²) in [5, 5.41) is 2.80. The van der Waals surface area contributed by atoms with Gasteiger partial charge in [0.2, 0.25) is 5.91 Å². The molecule has 1 atom stereocenters. The smallest absolute Gasteiger partial charge is 0.241 e. The Hall–Kier alpha value is -2.44. The Balaban J connectivity index is 1.42. The maximum absolute atomic E-state index is 13.3. The minimum Gasteiger partial charge on any atom is -0.497 e. The summed E-state index contributed by atoms with van der Waals surface area (Å²) in [6, 6.07) is 13.9. The van der Waals surface area contributed by atoms with E-state index >= 15 is 0 Å². The van der Waals surface area contributed by atoms with Crippen molar-refractivity contribution in [1.29, 1.82) is 0 Å². The number of hydrogen-bond donors (Lipinski definition) is 1. The second kappa shape index (κ2) is 9.66. The van der Waals surface area contributed by atoms with Crippen LogP contribution in [0.25, 0.3) is 0 Å². The van der Waals surface area contributed by atoms with Crippen molar-refractivity contribution in [3.8, 4) is 5.75 Å². The Morgan fingerprint density at radius 1 is 1.14 bits per heavy atom. The van der Waals surface area contributed by atoms with Gasteiger partial charge in [-0.05, 0) is 49.2 Å². The van der Waals surface area contributed by atoms with E-state index in [4.69, 9.17) is 4.74 Å². The molecule has 0 spiro atoms. The van der Waals surface area contributed by atoms with Gasteiger partial charge in [-0.2, -0.15) is 0 Å². The fourth-order valence-corrected chi connectivity index (χ4v) is 3.43. The van der Waals surface area contributed by atoms with Crippen LogP contribution in [-0.4, -0.2) is 61.6 Å². The van der Waals surface area contributed by atoms with Crippen LogP contribution in [0.2, 0.25) is 0 Å². The quantitative estimate of drug-likeness (QED) is 0.796. The lowest BCUT2D eigenvalue weighted by Crippen LogP contribution is -2.53. The fraction of sp³-hybridized carbons (Fsp3) is 0.409. The largest absolute Gasteiger partial charge is 0.497 e. The summed E-state index contributed by atoms with van der Waals surface area (Å²) in [7, 11) is 1.67. The number of nitrogens with zero attached hydrogens (tertiary/aromatic N) is 2. The van der Waals surface area contributed by atoms with E-state index in [9.17, 15) is 9.18 Å². The lowest BCUT2D eigenvalue weighted by Gasteiger charge is -2.37. The van der Waals surface area contributed by atoms with Gasteiger partial charge >= 0.3 is 0 Å². The van der Waals surface area contributed by atoms with Crippen molar-refractivity contribution >= 4 is 11.6 Å². The number of carbonyl (C=O) groups is 1. The van der Waals surface area contributed by atoms with Gasteiger partial charge in [0.05, 0.1) is 13.2 Å². The summed E-state index contributed by atoms with van der Waals surface area (Å²) in [5.74, 6) is 0.427. The highest BCUT2D eigenvalue weighted by atomic mass is 19.1. The van der Waals surface area contributed by atoms with Crippen LogP contribution in [-0.2, 0) is 11.2 Å². The Bertz CT molecular complexity index is 774. The van der Waals surface area contributed by atoms with Gasteiger partial charge < -0.3 is 15.0 Å². The van der Waals surface area contributed by atoms with Gasteiger partial charge in [-0.3, -0.25) is 9.69 Å². The molecule has 1 N–H and O–H groups in total. The molecule has 0 saturated carbocycles. The zero-order valence-corrected chi connectivity index (χ0v) is 16.5. The van der Waals surface area contributed by atoms with E-state index < -0.39 is 0 Å². The topological polar surface area (TPSA) is 44.8 Å². The second-order valence-corrected chi connectivity index (χ2v) is 7.15. The predicted molar refractivity (Wildman–Crippen MR) is 109 cm³/mol. The molecular formula is C22H28FN3O2. The molecule has 1 amide bonds. The van der Waals surface area contributed by atoms with Crippen LogP contribution in [0.1, 0.15) is 12.5 Å². The van der Waals surface area contributed by atoms with Crippen molar-refractivity contribution < 1.29 is 13.9 Å². The summed E-state index contributed by atoms with van der Waals surface area (Å²) in [6.45, 7) is 6.48. The summed E-state index contributed by atoms with van der Waals surface area (Å²) in [6.07, 6.45) is 1.000. The molecule has 5 nitrogen and oxygen atoms in total. The third kappa shape index (κ3) is 5.53. The van der Waals surface area contributed by atoms with E-state index in [1.165, 1.54) is 17.7 Å². The standard InChI is InChI=1S/C22H28FN3O2/c1-17(22(27)24-20-5-3-4-19(23)16-20)26-14-12-25(13-15-26)11-10-18-6-8-21(28-2)9-7-18/h3-9,16-17H,10-15H2,1-2H3,(H,24,27). The maximum atomic E-state index is 13.3. The third-order valence-corrected chi connectivity index (χ3v) is 5.30. The first-order chi connectivity index (χ1) is 13.5. The number of halogens is 1. The molecule has 2 aromatic carbocycles. The van der Waals surface area contributed by atoms with E-state index in [1.54, 1.807) is 19.2 Å². The first kappa shape index (κ1) is 20.3. The van der Waals surface area contributed by atoms with Gasteiger partial charge in [0, 0.05) is 38.4 Å². The fourth-order valence-electron chi connectivity index (χ4n) is 3.43. The molecule has 3 rings (SSSR count). The molecule has 28 heavy (non-hydrogen) atoms. The molecule has 1 heterocycles. The number of benzene rings is 2. The van der Waals surface area contributed by atoms with Crippen molar-refractivity contribution in [1.82, 2.24) is 9.80 Å². The van der Waals surface area contributed by atoms with Crippen LogP contribution >= 0.6 is 0 Å². The molecule has 1 unspecified atom stereocenters. The average molecular weight is 385 g/mol. The van der Waals surface area contributed by atoms with Crippen LogP contribution in [0, 0.1) is 5.82 Å². The zero-order chi connectivity index (χ0) is 19.9. The number of methoxy groups -OCH3 is 1. The number of rotatable bonds is 7. The summed E-state index contributed by atoms with van der Waals surface area (Å²) >= 11 is 0. The second-order valence-electron chi connectivity index (χ2n) is 7.15. The van der Waals surface area contributed by atoms with Gasteiger partial charge in [-0.15, -0.1) is 0 Å². The summed E-state index contributed by atoms with van der Waals surface area (Å²) < 4.78 is 18.5. The monoisotopic (exact) mass is 385 g/mol. The van der Waals surface area contributed by atoms with Crippen LogP contribution in [0.3, 0.4) is 0 Å². The maximum Gasteiger partial charge on any atom is 0.241 e.